The maximum absolute atomic E-state index is 12.9. The van der Waals surface area contributed by atoms with Gasteiger partial charge in [-0.25, -0.2) is 0 Å². The number of carbonyl (C=O) groups excluding carboxylic acids is 2. The van der Waals surface area contributed by atoms with Crippen LogP contribution in [0, 0.1) is 18.8 Å². The topological polar surface area (TPSA) is 52.6 Å². The Morgan fingerprint density at radius 3 is 2.50 bits per heavy atom. The summed E-state index contributed by atoms with van der Waals surface area (Å²) in [5, 5.41) is 0.531. The van der Waals surface area contributed by atoms with E-state index >= 15 is 0 Å². The molecule has 2 atom stereocenters. The van der Waals surface area contributed by atoms with Gasteiger partial charge in [-0.15, -0.1) is 0 Å². The van der Waals surface area contributed by atoms with Crippen molar-refractivity contribution in [2.24, 2.45) is 11.8 Å². The van der Waals surface area contributed by atoms with Crippen LogP contribution in [-0.2, 0) is 20.7 Å². The zero-order chi connectivity index (χ0) is 17.7. The standard InChI is InChI=1S/C19H25ClO4/c1-4-24-19(22)14-8-6-5-7-13(14)17(21)11-15-16(20)9-12(2)10-18(15)23-3/h9-10,13-14H,4-8,11H2,1-3H3. The van der Waals surface area contributed by atoms with E-state index in [0.717, 1.165) is 24.8 Å². The van der Waals surface area contributed by atoms with E-state index in [2.05, 4.69) is 0 Å². The summed E-state index contributed by atoms with van der Waals surface area (Å²) >= 11 is 6.32. The summed E-state index contributed by atoms with van der Waals surface area (Å²) in [5.74, 6) is -0.215. The molecule has 132 valence electrons. The molecule has 2 rings (SSSR count). The van der Waals surface area contributed by atoms with Gasteiger partial charge in [-0.2, -0.15) is 0 Å². The molecular weight excluding hydrogens is 328 g/mol. The smallest absolute Gasteiger partial charge is 0.309 e. The van der Waals surface area contributed by atoms with Gasteiger partial charge in [0.25, 0.3) is 0 Å². The van der Waals surface area contributed by atoms with Crippen LogP contribution in [0.5, 0.6) is 5.75 Å². The van der Waals surface area contributed by atoms with Gasteiger partial charge < -0.3 is 9.47 Å². The average Bonchev–Trinajstić information content (AvgIpc) is 2.57. The first kappa shape index (κ1) is 18.8. The second kappa shape index (κ2) is 8.52. The predicted molar refractivity (Wildman–Crippen MR) is 93.5 cm³/mol. The Hall–Kier alpha value is -1.55. The van der Waals surface area contributed by atoms with Crippen molar-refractivity contribution in [1.82, 2.24) is 0 Å². The van der Waals surface area contributed by atoms with E-state index in [1.165, 1.54) is 0 Å². The Morgan fingerprint density at radius 2 is 1.88 bits per heavy atom. The molecule has 24 heavy (non-hydrogen) atoms. The Balaban J connectivity index is 2.20. The van der Waals surface area contributed by atoms with E-state index < -0.39 is 0 Å². The molecule has 0 heterocycles. The number of carbonyl (C=O) groups is 2. The first-order valence-electron chi connectivity index (χ1n) is 8.50. The maximum Gasteiger partial charge on any atom is 0.309 e. The van der Waals surface area contributed by atoms with E-state index in [1.54, 1.807) is 14.0 Å². The quantitative estimate of drug-likeness (QED) is 0.722. The lowest BCUT2D eigenvalue weighted by atomic mass is 9.75. The van der Waals surface area contributed by atoms with Crippen molar-refractivity contribution in [2.45, 2.75) is 46.0 Å². The van der Waals surface area contributed by atoms with Gasteiger partial charge in [0.05, 0.1) is 19.6 Å². The fourth-order valence-corrected chi connectivity index (χ4v) is 3.78. The van der Waals surface area contributed by atoms with Gasteiger partial charge in [-0.1, -0.05) is 24.4 Å². The number of Topliss-reactive ketones (excluding diaryl/α,β-unsaturated/α-hetero) is 1. The van der Waals surface area contributed by atoms with Gasteiger partial charge in [0.2, 0.25) is 0 Å². The lowest BCUT2D eigenvalue weighted by Gasteiger charge is -2.29. The number of hydrogen-bond acceptors (Lipinski definition) is 4. The number of esters is 1. The van der Waals surface area contributed by atoms with Crippen molar-refractivity contribution >= 4 is 23.4 Å². The van der Waals surface area contributed by atoms with Crippen molar-refractivity contribution in [3.05, 3.63) is 28.3 Å². The number of benzene rings is 1. The van der Waals surface area contributed by atoms with Crippen LogP contribution in [-0.4, -0.2) is 25.5 Å². The van der Waals surface area contributed by atoms with Crippen LogP contribution in [0.1, 0.15) is 43.7 Å². The van der Waals surface area contributed by atoms with Gasteiger partial charge in [-0.05, 0) is 44.4 Å². The summed E-state index contributed by atoms with van der Waals surface area (Å²) in [7, 11) is 1.57. The second-order valence-electron chi connectivity index (χ2n) is 6.32. The van der Waals surface area contributed by atoms with E-state index in [4.69, 9.17) is 21.1 Å². The van der Waals surface area contributed by atoms with E-state index in [1.807, 2.05) is 19.1 Å². The first-order valence-corrected chi connectivity index (χ1v) is 8.88. The van der Waals surface area contributed by atoms with Crippen LogP contribution in [0.4, 0.5) is 0 Å². The minimum absolute atomic E-state index is 0.0387. The Kier molecular flexibility index (Phi) is 6.67. The van der Waals surface area contributed by atoms with Crippen molar-refractivity contribution in [2.75, 3.05) is 13.7 Å². The fourth-order valence-electron chi connectivity index (χ4n) is 3.45. The molecule has 1 aliphatic rings. The van der Waals surface area contributed by atoms with Crippen LogP contribution in [0.3, 0.4) is 0 Å². The van der Waals surface area contributed by atoms with Crippen molar-refractivity contribution in [1.29, 1.82) is 0 Å². The molecule has 1 aromatic carbocycles. The summed E-state index contributed by atoms with van der Waals surface area (Å²) in [6.45, 7) is 4.06. The zero-order valence-corrected chi connectivity index (χ0v) is 15.3. The van der Waals surface area contributed by atoms with Gasteiger partial charge in [-0.3, -0.25) is 9.59 Å². The number of aryl methyl sites for hydroxylation is 1. The second-order valence-corrected chi connectivity index (χ2v) is 6.73. The number of rotatable bonds is 6. The molecule has 1 aliphatic carbocycles. The Labute approximate surface area is 148 Å². The van der Waals surface area contributed by atoms with Gasteiger partial charge in [0, 0.05) is 22.9 Å². The monoisotopic (exact) mass is 352 g/mol. The molecule has 0 radical (unpaired) electrons. The van der Waals surface area contributed by atoms with Gasteiger partial charge >= 0.3 is 5.97 Å². The van der Waals surface area contributed by atoms with E-state index in [9.17, 15) is 9.59 Å². The SMILES string of the molecule is CCOC(=O)C1CCCCC1C(=O)Cc1c(Cl)cc(C)cc1OC. The van der Waals surface area contributed by atoms with Crippen LogP contribution in [0.2, 0.25) is 5.02 Å². The summed E-state index contributed by atoms with van der Waals surface area (Å²) < 4.78 is 10.5. The molecule has 0 spiro atoms. The number of methoxy groups -OCH3 is 1. The molecule has 1 saturated carbocycles. The molecule has 4 nitrogen and oxygen atoms in total. The Bertz CT molecular complexity index is 612. The molecule has 0 aliphatic heterocycles. The molecule has 0 N–H and O–H groups in total. The normalized spacial score (nSPS) is 20.5. The summed E-state index contributed by atoms with van der Waals surface area (Å²) in [6.07, 6.45) is 3.55. The molecule has 0 aromatic heterocycles. The number of hydrogen-bond donors (Lipinski definition) is 0. The fraction of sp³-hybridized carbons (Fsp3) is 0.579. The lowest BCUT2D eigenvalue weighted by molar-refractivity contribution is -0.153. The highest BCUT2D eigenvalue weighted by Gasteiger charge is 2.36. The summed E-state index contributed by atoms with van der Waals surface area (Å²) in [5.41, 5.74) is 1.68. The van der Waals surface area contributed by atoms with E-state index in [0.29, 0.717) is 29.4 Å². The molecule has 0 amide bonds. The average molecular weight is 353 g/mol. The molecular formula is C19H25ClO4. The lowest BCUT2D eigenvalue weighted by Crippen LogP contribution is -2.34. The highest BCUT2D eigenvalue weighted by atomic mass is 35.5. The van der Waals surface area contributed by atoms with Crippen molar-refractivity contribution in [3.63, 3.8) is 0 Å². The van der Waals surface area contributed by atoms with Gasteiger partial charge in [0.1, 0.15) is 11.5 Å². The third kappa shape index (κ3) is 4.29. The van der Waals surface area contributed by atoms with Crippen molar-refractivity contribution < 1.29 is 19.1 Å². The molecule has 5 heteroatoms. The largest absolute Gasteiger partial charge is 0.496 e. The maximum atomic E-state index is 12.9. The van der Waals surface area contributed by atoms with Gasteiger partial charge in [0.15, 0.2) is 0 Å². The minimum atomic E-state index is -0.332. The molecule has 1 aromatic rings. The zero-order valence-electron chi connectivity index (χ0n) is 14.6. The number of halogens is 1. The molecule has 0 bridgehead atoms. The number of ether oxygens (including phenoxy) is 2. The molecule has 1 fully saturated rings. The third-order valence-corrected chi connectivity index (χ3v) is 4.98. The predicted octanol–water partition coefficient (Wildman–Crippen LogP) is 4.14. The first-order chi connectivity index (χ1) is 11.5. The Morgan fingerprint density at radius 1 is 1.21 bits per heavy atom. The van der Waals surface area contributed by atoms with E-state index in [-0.39, 0.29) is 30.0 Å². The van der Waals surface area contributed by atoms with Crippen LogP contribution in [0.15, 0.2) is 12.1 Å². The summed E-state index contributed by atoms with van der Waals surface area (Å²) in [4.78, 5) is 25.0. The minimum Gasteiger partial charge on any atom is -0.496 e. The third-order valence-electron chi connectivity index (χ3n) is 4.64. The molecule has 0 saturated heterocycles. The van der Waals surface area contributed by atoms with Crippen molar-refractivity contribution in [3.8, 4) is 5.75 Å². The van der Waals surface area contributed by atoms with Crippen LogP contribution < -0.4 is 4.74 Å². The number of ketones is 1. The van der Waals surface area contributed by atoms with Crippen LogP contribution >= 0.6 is 11.6 Å². The molecule has 2 unspecified atom stereocenters. The summed E-state index contributed by atoms with van der Waals surface area (Å²) in [6, 6.07) is 3.70. The highest BCUT2D eigenvalue weighted by Crippen LogP contribution is 2.35. The highest BCUT2D eigenvalue weighted by molar-refractivity contribution is 6.31. The van der Waals surface area contributed by atoms with Crippen LogP contribution in [0.25, 0.3) is 0 Å².